The SMILES string of the molecule is CCNC1CCN(CCCCOC)C1=O. The standard InChI is InChI=1S/C11H22N2O2/c1-3-12-10-6-8-13(11(10)14)7-4-5-9-15-2/h10,12H,3-9H2,1-2H3. The molecule has 1 aliphatic rings. The molecule has 15 heavy (non-hydrogen) atoms. The van der Waals surface area contributed by atoms with Gasteiger partial charge in [-0.25, -0.2) is 0 Å². The van der Waals surface area contributed by atoms with Gasteiger partial charge in [-0.3, -0.25) is 4.79 Å². The van der Waals surface area contributed by atoms with Gasteiger partial charge in [-0.15, -0.1) is 0 Å². The van der Waals surface area contributed by atoms with Gasteiger partial charge < -0.3 is 15.0 Å². The third-order valence-corrected chi connectivity index (χ3v) is 2.77. The van der Waals surface area contributed by atoms with Crippen molar-refractivity contribution in [3.05, 3.63) is 0 Å². The minimum atomic E-state index is 0.0671. The van der Waals surface area contributed by atoms with Gasteiger partial charge in [0.25, 0.3) is 0 Å². The Kier molecular flexibility index (Phi) is 5.65. The Morgan fingerprint density at radius 1 is 1.53 bits per heavy atom. The molecule has 1 atom stereocenters. The van der Waals surface area contributed by atoms with Crippen molar-refractivity contribution in [2.24, 2.45) is 0 Å². The van der Waals surface area contributed by atoms with E-state index in [1.54, 1.807) is 7.11 Å². The highest BCUT2D eigenvalue weighted by Gasteiger charge is 2.29. The number of nitrogens with one attached hydrogen (secondary N) is 1. The van der Waals surface area contributed by atoms with Crippen molar-refractivity contribution in [2.75, 3.05) is 33.4 Å². The molecule has 0 spiro atoms. The van der Waals surface area contributed by atoms with Crippen molar-refractivity contribution in [1.29, 1.82) is 0 Å². The third kappa shape index (κ3) is 3.80. The van der Waals surface area contributed by atoms with E-state index in [2.05, 4.69) is 5.32 Å². The quantitative estimate of drug-likeness (QED) is 0.632. The second kappa shape index (κ2) is 6.80. The first kappa shape index (κ1) is 12.5. The Morgan fingerprint density at radius 2 is 2.33 bits per heavy atom. The van der Waals surface area contributed by atoms with Crippen LogP contribution in [-0.4, -0.2) is 50.2 Å². The Balaban J connectivity index is 2.18. The van der Waals surface area contributed by atoms with Gasteiger partial charge in [-0.1, -0.05) is 6.92 Å². The predicted molar refractivity (Wildman–Crippen MR) is 59.8 cm³/mol. The van der Waals surface area contributed by atoms with Crippen LogP contribution in [-0.2, 0) is 9.53 Å². The number of methoxy groups -OCH3 is 1. The maximum Gasteiger partial charge on any atom is 0.239 e. The average Bonchev–Trinajstić information content (AvgIpc) is 2.57. The first-order chi connectivity index (χ1) is 7.29. The molecule has 1 unspecified atom stereocenters. The van der Waals surface area contributed by atoms with Crippen LogP contribution in [0, 0.1) is 0 Å². The van der Waals surface area contributed by atoms with Crippen LogP contribution >= 0.6 is 0 Å². The molecule has 4 heteroatoms. The van der Waals surface area contributed by atoms with Gasteiger partial charge in [0, 0.05) is 26.8 Å². The Morgan fingerprint density at radius 3 is 3.00 bits per heavy atom. The molecule has 0 radical (unpaired) electrons. The van der Waals surface area contributed by atoms with Gasteiger partial charge in [-0.2, -0.15) is 0 Å². The summed E-state index contributed by atoms with van der Waals surface area (Å²) in [6.45, 7) is 5.48. The molecule has 1 rings (SSSR count). The summed E-state index contributed by atoms with van der Waals surface area (Å²) in [7, 11) is 1.71. The average molecular weight is 214 g/mol. The zero-order valence-corrected chi connectivity index (χ0v) is 9.79. The number of likely N-dealkylation sites (N-methyl/N-ethyl adjacent to an activating group) is 1. The van der Waals surface area contributed by atoms with E-state index >= 15 is 0 Å². The Labute approximate surface area is 92.0 Å². The number of carbonyl (C=O) groups is 1. The minimum absolute atomic E-state index is 0.0671. The lowest BCUT2D eigenvalue weighted by molar-refractivity contribution is -0.129. The summed E-state index contributed by atoms with van der Waals surface area (Å²) in [4.78, 5) is 13.8. The lowest BCUT2D eigenvalue weighted by atomic mass is 10.2. The molecule has 1 saturated heterocycles. The summed E-state index contributed by atoms with van der Waals surface area (Å²) in [6, 6.07) is 0.0671. The van der Waals surface area contributed by atoms with E-state index in [-0.39, 0.29) is 11.9 Å². The van der Waals surface area contributed by atoms with Crippen LogP contribution in [0.2, 0.25) is 0 Å². The molecule has 1 N–H and O–H groups in total. The second-order valence-electron chi connectivity index (χ2n) is 3.92. The van der Waals surface area contributed by atoms with Crippen LogP contribution in [0.1, 0.15) is 26.2 Å². The van der Waals surface area contributed by atoms with Gasteiger partial charge in [0.15, 0.2) is 0 Å². The summed E-state index contributed by atoms with van der Waals surface area (Å²) in [5, 5.41) is 3.21. The van der Waals surface area contributed by atoms with Crippen LogP contribution in [0.5, 0.6) is 0 Å². The van der Waals surface area contributed by atoms with Gasteiger partial charge in [0.05, 0.1) is 6.04 Å². The molecule has 1 heterocycles. The highest BCUT2D eigenvalue weighted by atomic mass is 16.5. The van der Waals surface area contributed by atoms with Crippen molar-refractivity contribution in [1.82, 2.24) is 10.2 Å². The van der Waals surface area contributed by atoms with E-state index in [4.69, 9.17) is 4.74 Å². The number of ether oxygens (including phenoxy) is 1. The molecule has 0 aromatic rings. The minimum Gasteiger partial charge on any atom is -0.385 e. The molecule has 1 amide bonds. The molecule has 0 saturated carbocycles. The van der Waals surface area contributed by atoms with Crippen molar-refractivity contribution in [3.63, 3.8) is 0 Å². The largest absolute Gasteiger partial charge is 0.385 e. The van der Waals surface area contributed by atoms with E-state index < -0.39 is 0 Å². The fourth-order valence-corrected chi connectivity index (χ4v) is 1.95. The van der Waals surface area contributed by atoms with E-state index in [0.29, 0.717) is 0 Å². The first-order valence-electron chi connectivity index (χ1n) is 5.80. The van der Waals surface area contributed by atoms with Crippen LogP contribution in [0.15, 0.2) is 0 Å². The second-order valence-corrected chi connectivity index (χ2v) is 3.92. The number of likely N-dealkylation sites (tertiary alicyclic amines) is 1. The van der Waals surface area contributed by atoms with Crippen LogP contribution < -0.4 is 5.32 Å². The molecule has 0 aromatic carbocycles. The first-order valence-corrected chi connectivity index (χ1v) is 5.80. The number of hydrogen-bond donors (Lipinski definition) is 1. The van der Waals surface area contributed by atoms with Crippen molar-refractivity contribution in [2.45, 2.75) is 32.2 Å². The zero-order chi connectivity index (χ0) is 11.1. The fourth-order valence-electron chi connectivity index (χ4n) is 1.95. The molecule has 88 valence electrons. The summed E-state index contributed by atoms with van der Waals surface area (Å²) in [6.07, 6.45) is 3.03. The number of nitrogens with zero attached hydrogens (tertiary/aromatic N) is 1. The number of carbonyl (C=O) groups excluding carboxylic acids is 1. The molecule has 4 nitrogen and oxygen atoms in total. The van der Waals surface area contributed by atoms with E-state index in [9.17, 15) is 4.79 Å². The molecular formula is C11H22N2O2. The highest BCUT2D eigenvalue weighted by molar-refractivity contribution is 5.83. The van der Waals surface area contributed by atoms with Crippen LogP contribution in [0.25, 0.3) is 0 Å². The Bertz CT molecular complexity index is 197. The molecular weight excluding hydrogens is 192 g/mol. The predicted octanol–water partition coefficient (Wildman–Crippen LogP) is 0.623. The third-order valence-electron chi connectivity index (χ3n) is 2.77. The number of rotatable bonds is 7. The summed E-state index contributed by atoms with van der Waals surface area (Å²) < 4.78 is 4.98. The van der Waals surface area contributed by atoms with E-state index in [1.807, 2.05) is 11.8 Å². The molecule has 1 aliphatic heterocycles. The Hall–Kier alpha value is -0.610. The summed E-state index contributed by atoms with van der Waals surface area (Å²) in [5.41, 5.74) is 0. The van der Waals surface area contributed by atoms with Gasteiger partial charge in [0.2, 0.25) is 5.91 Å². The molecule has 0 bridgehead atoms. The van der Waals surface area contributed by atoms with Crippen molar-refractivity contribution < 1.29 is 9.53 Å². The lowest BCUT2D eigenvalue weighted by Gasteiger charge is -2.16. The number of amides is 1. The van der Waals surface area contributed by atoms with Gasteiger partial charge in [0.1, 0.15) is 0 Å². The van der Waals surface area contributed by atoms with E-state index in [0.717, 1.165) is 45.5 Å². The monoisotopic (exact) mass is 214 g/mol. The topological polar surface area (TPSA) is 41.6 Å². The van der Waals surface area contributed by atoms with Crippen molar-refractivity contribution in [3.8, 4) is 0 Å². The molecule has 0 aliphatic carbocycles. The lowest BCUT2D eigenvalue weighted by Crippen LogP contribution is -2.38. The zero-order valence-electron chi connectivity index (χ0n) is 9.79. The van der Waals surface area contributed by atoms with E-state index in [1.165, 1.54) is 0 Å². The summed E-state index contributed by atoms with van der Waals surface area (Å²) in [5.74, 6) is 0.272. The maximum atomic E-state index is 11.8. The maximum absolute atomic E-state index is 11.8. The van der Waals surface area contributed by atoms with Crippen LogP contribution in [0.4, 0.5) is 0 Å². The fraction of sp³-hybridized carbons (Fsp3) is 0.909. The molecule has 0 aromatic heterocycles. The van der Waals surface area contributed by atoms with Gasteiger partial charge >= 0.3 is 0 Å². The molecule has 1 fully saturated rings. The summed E-state index contributed by atoms with van der Waals surface area (Å²) >= 11 is 0. The van der Waals surface area contributed by atoms with Gasteiger partial charge in [-0.05, 0) is 25.8 Å². The van der Waals surface area contributed by atoms with Crippen LogP contribution in [0.3, 0.4) is 0 Å². The number of unbranched alkanes of at least 4 members (excludes halogenated alkanes) is 1. The normalized spacial score (nSPS) is 21.3. The smallest absolute Gasteiger partial charge is 0.239 e. The number of hydrogen-bond acceptors (Lipinski definition) is 3. The highest BCUT2D eigenvalue weighted by Crippen LogP contribution is 2.11. The van der Waals surface area contributed by atoms with Crippen molar-refractivity contribution >= 4 is 5.91 Å².